The molecule has 0 spiro atoms. The average molecular weight is 736 g/mol. The van der Waals surface area contributed by atoms with Gasteiger partial charge in [-0.25, -0.2) is 0 Å². The fourth-order valence-corrected chi connectivity index (χ4v) is 10.4. The molecule has 0 N–H and O–H groups in total. The number of pyridine rings is 3. The van der Waals surface area contributed by atoms with Crippen LogP contribution in [0.25, 0.3) is 60.5 Å². The van der Waals surface area contributed by atoms with Gasteiger partial charge in [0.15, 0.2) is 24.1 Å². The van der Waals surface area contributed by atoms with Crippen LogP contribution >= 0.6 is 0 Å². The second kappa shape index (κ2) is 14.7. The van der Waals surface area contributed by atoms with Crippen molar-refractivity contribution in [3.63, 3.8) is 0 Å². The summed E-state index contributed by atoms with van der Waals surface area (Å²) in [7, 11) is 0. The Labute approximate surface area is 333 Å². The molecule has 1 aliphatic heterocycles. The van der Waals surface area contributed by atoms with Crippen LogP contribution in [0, 0.1) is 12.8 Å². The maximum atomic E-state index is 2.74. The van der Waals surface area contributed by atoms with E-state index in [0.29, 0.717) is 5.92 Å². The molecule has 8 aromatic rings. The summed E-state index contributed by atoms with van der Waals surface area (Å²) >= 11 is 0. The quantitative estimate of drug-likeness (QED) is 0.0713. The third-order valence-electron chi connectivity index (χ3n) is 13.1. The Morgan fingerprint density at radius 2 is 1.41 bits per heavy atom. The van der Waals surface area contributed by atoms with Crippen LogP contribution in [0.2, 0.25) is 0 Å². The molecule has 5 heterocycles. The largest absolute Gasteiger partial charge is 0.340 e. The normalized spacial score (nSPS) is 14.9. The summed E-state index contributed by atoms with van der Waals surface area (Å²) in [5, 5.41) is 5.36. The lowest BCUT2D eigenvalue weighted by atomic mass is 9.67. The van der Waals surface area contributed by atoms with Crippen LogP contribution in [-0.2, 0) is 18.5 Å². The van der Waals surface area contributed by atoms with Gasteiger partial charge in [-0.1, -0.05) is 121 Å². The van der Waals surface area contributed by atoms with Gasteiger partial charge in [0.2, 0.25) is 11.2 Å². The van der Waals surface area contributed by atoms with Crippen molar-refractivity contribution in [2.75, 3.05) is 0 Å². The van der Waals surface area contributed by atoms with E-state index in [9.17, 15) is 0 Å². The third kappa shape index (κ3) is 5.85. The number of rotatable bonds is 11. The number of benzene rings is 4. The average Bonchev–Trinajstić information content (AvgIpc) is 3.52. The van der Waals surface area contributed by atoms with Crippen molar-refractivity contribution in [3.8, 4) is 22.4 Å². The first-order chi connectivity index (χ1) is 27.4. The molecule has 9 rings (SSSR count). The predicted molar refractivity (Wildman–Crippen MR) is 235 cm³/mol. The molecule has 3 nitrogen and oxygen atoms in total. The Kier molecular flexibility index (Phi) is 9.52. The topological polar surface area (TPSA) is 12.9 Å². The molecule has 0 amide bonds. The number of aryl methyl sites for hydroxylation is 2. The maximum Gasteiger partial charge on any atom is 0.218 e. The first-order valence-electron chi connectivity index (χ1n) is 21.4. The molecule has 0 bridgehead atoms. The summed E-state index contributed by atoms with van der Waals surface area (Å²) in [5.41, 5.74) is 14.7. The molecule has 4 aromatic carbocycles. The van der Waals surface area contributed by atoms with E-state index in [4.69, 9.17) is 0 Å². The van der Waals surface area contributed by atoms with Crippen LogP contribution in [0.4, 0.5) is 0 Å². The van der Waals surface area contributed by atoms with E-state index < -0.39 is 0 Å². The van der Waals surface area contributed by atoms with E-state index in [0.717, 1.165) is 25.8 Å². The predicted octanol–water partition coefficient (Wildman–Crippen LogP) is 13.1. The number of hydrogen-bond acceptors (Lipinski definition) is 0. The second-order valence-electron chi connectivity index (χ2n) is 17.0. The molecule has 1 aliphatic rings. The summed E-state index contributed by atoms with van der Waals surface area (Å²) in [6, 6.07) is 41.8. The van der Waals surface area contributed by atoms with Gasteiger partial charge in [-0.05, 0) is 72.7 Å². The SMILES string of the molecule is CCCCCCc1cc2[n+](cc1-c1ccccc1)C(CC)(CC)C(c1c[n+]3cc(C)ccc3c3cc4c5ccccc5n(CC(C)C)c4cc13)c1ccccc1-2. The van der Waals surface area contributed by atoms with Crippen molar-refractivity contribution in [1.29, 1.82) is 0 Å². The van der Waals surface area contributed by atoms with Gasteiger partial charge in [0.1, 0.15) is 0 Å². The van der Waals surface area contributed by atoms with Crippen LogP contribution in [0.5, 0.6) is 0 Å². The number of aromatic nitrogens is 3. The van der Waals surface area contributed by atoms with Crippen molar-refractivity contribution in [3.05, 3.63) is 150 Å². The minimum atomic E-state index is -0.196. The summed E-state index contributed by atoms with van der Waals surface area (Å²) in [4.78, 5) is 0. The number of fused-ring (bicyclic) bond motifs is 9. The molecule has 3 heteroatoms. The smallest absolute Gasteiger partial charge is 0.218 e. The zero-order chi connectivity index (χ0) is 38.6. The molecule has 282 valence electrons. The highest BCUT2D eigenvalue weighted by Gasteiger charge is 2.53. The number of nitrogens with zero attached hydrogens (tertiary/aromatic N) is 3. The molecule has 4 aromatic heterocycles. The standard InChI is InChI=1S/C53H57N3/c1-7-10-11-13-22-39-29-51-40-23-16-17-25-42(40)52(53(8-2,9-3)56(51)35-46(39)38-20-14-12-15-21-38)47-34-54-33-37(6)27-28-48(54)45-30-44-41-24-18-19-26-49(41)55(32-36(4)5)50(44)31-43(45)47/h12,14-21,23-31,33-36,52H,7-11,13,22,32H2,1-6H3/q+2. The molecule has 0 saturated heterocycles. The lowest BCUT2D eigenvalue weighted by Crippen LogP contribution is -2.62. The van der Waals surface area contributed by atoms with Gasteiger partial charge in [-0.3, -0.25) is 0 Å². The molecule has 0 saturated carbocycles. The first-order valence-corrected chi connectivity index (χ1v) is 21.4. The molecule has 0 aliphatic carbocycles. The van der Waals surface area contributed by atoms with Crippen molar-refractivity contribution in [1.82, 2.24) is 4.57 Å². The van der Waals surface area contributed by atoms with E-state index in [1.165, 1.54) is 108 Å². The Hall–Kier alpha value is -5.28. The van der Waals surface area contributed by atoms with E-state index in [1.54, 1.807) is 0 Å². The van der Waals surface area contributed by atoms with E-state index in [-0.39, 0.29) is 11.5 Å². The molecule has 56 heavy (non-hydrogen) atoms. The van der Waals surface area contributed by atoms with Gasteiger partial charge < -0.3 is 4.57 Å². The summed E-state index contributed by atoms with van der Waals surface area (Å²) in [6.07, 6.45) is 15.6. The van der Waals surface area contributed by atoms with Gasteiger partial charge in [0, 0.05) is 75.4 Å². The Morgan fingerprint density at radius 1 is 0.643 bits per heavy atom. The monoisotopic (exact) mass is 735 g/mol. The van der Waals surface area contributed by atoms with Gasteiger partial charge >= 0.3 is 0 Å². The third-order valence-corrected chi connectivity index (χ3v) is 13.1. The van der Waals surface area contributed by atoms with Gasteiger partial charge in [0.05, 0.1) is 16.9 Å². The Bertz CT molecular complexity index is 2730. The first kappa shape index (κ1) is 36.4. The molecular formula is C53H57N3+2. The van der Waals surface area contributed by atoms with Gasteiger partial charge in [0.25, 0.3) is 0 Å². The minimum Gasteiger partial charge on any atom is -0.340 e. The van der Waals surface area contributed by atoms with Crippen molar-refractivity contribution >= 4 is 38.1 Å². The zero-order valence-electron chi connectivity index (χ0n) is 34.3. The minimum absolute atomic E-state index is 0.130. The second-order valence-corrected chi connectivity index (χ2v) is 17.0. The molecule has 1 atom stereocenters. The molecular weight excluding hydrogens is 679 g/mol. The van der Waals surface area contributed by atoms with Crippen LogP contribution in [0.1, 0.15) is 101 Å². The fraction of sp³-hybridized carbons (Fsp3) is 0.321. The van der Waals surface area contributed by atoms with Gasteiger partial charge in [-0.2, -0.15) is 8.97 Å². The van der Waals surface area contributed by atoms with E-state index in [2.05, 4.69) is 183 Å². The lowest BCUT2D eigenvalue weighted by Gasteiger charge is -2.40. The maximum absolute atomic E-state index is 2.74. The van der Waals surface area contributed by atoms with Crippen molar-refractivity contribution < 1.29 is 8.97 Å². The van der Waals surface area contributed by atoms with Crippen LogP contribution in [0.3, 0.4) is 0 Å². The van der Waals surface area contributed by atoms with Crippen LogP contribution in [0.15, 0.2) is 128 Å². The summed E-state index contributed by atoms with van der Waals surface area (Å²) < 4.78 is 7.76. The number of para-hydroxylation sites is 1. The highest BCUT2D eigenvalue weighted by atomic mass is 15.1. The van der Waals surface area contributed by atoms with Gasteiger partial charge in [-0.15, -0.1) is 0 Å². The van der Waals surface area contributed by atoms with E-state index in [1.807, 2.05) is 0 Å². The highest BCUT2D eigenvalue weighted by Crippen LogP contribution is 2.51. The Morgan fingerprint density at radius 3 is 2.20 bits per heavy atom. The van der Waals surface area contributed by atoms with Crippen molar-refractivity contribution in [2.45, 2.75) is 104 Å². The lowest BCUT2D eigenvalue weighted by molar-refractivity contribution is -0.761. The number of hydrogen-bond donors (Lipinski definition) is 0. The molecule has 0 radical (unpaired) electrons. The van der Waals surface area contributed by atoms with Crippen molar-refractivity contribution in [2.24, 2.45) is 5.92 Å². The summed E-state index contributed by atoms with van der Waals surface area (Å²) in [5.74, 6) is 0.658. The van der Waals surface area contributed by atoms with Crippen LogP contribution in [-0.4, -0.2) is 4.57 Å². The zero-order valence-corrected chi connectivity index (χ0v) is 34.3. The van der Waals surface area contributed by atoms with E-state index >= 15 is 0 Å². The van der Waals surface area contributed by atoms with Crippen LogP contribution < -0.4 is 8.97 Å². The Balaban J connectivity index is 1.37. The summed E-state index contributed by atoms with van der Waals surface area (Å²) in [6.45, 7) is 15.0. The number of unbranched alkanes of at least 4 members (excludes halogenated alkanes) is 3. The molecule has 0 fully saturated rings. The fourth-order valence-electron chi connectivity index (χ4n) is 10.4. The highest BCUT2D eigenvalue weighted by molar-refractivity contribution is 6.15. The molecule has 1 unspecified atom stereocenters.